The Morgan fingerprint density at radius 2 is 2.18 bits per heavy atom. The first-order chi connectivity index (χ1) is 10.5. The number of rotatable bonds is 6. The van der Waals surface area contributed by atoms with Gasteiger partial charge in [-0.25, -0.2) is 4.98 Å². The van der Waals surface area contributed by atoms with E-state index < -0.39 is 12.0 Å². The van der Waals surface area contributed by atoms with Gasteiger partial charge in [0, 0.05) is 5.38 Å². The van der Waals surface area contributed by atoms with Gasteiger partial charge >= 0.3 is 0 Å². The van der Waals surface area contributed by atoms with Crippen molar-refractivity contribution < 1.29 is 14.3 Å². The number of ether oxygens (including phenoxy) is 1. The number of halogens is 1. The van der Waals surface area contributed by atoms with E-state index >= 15 is 0 Å². The molecule has 0 saturated carbocycles. The highest BCUT2D eigenvalue weighted by atomic mass is 35.5. The van der Waals surface area contributed by atoms with Crippen molar-refractivity contribution in [3.05, 3.63) is 40.4 Å². The van der Waals surface area contributed by atoms with Crippen molar-refractivity contribution in [1.29, 1.82) is 0 Å². The molecule has 3 N–H and O–H groups in total. The van der Waals surface area contributed by atoms with Crippen molar-refractivity contribution in [2.45, 2.75) is 19.4 Å². The molecule has 8 heteroatoms. The SMILES string of the molecule is C[C@H](Oc1ccccc1Cl)C(=O)Nc1nc(CC(N)=O)cs1. The van der Waals surface area contributed by atoms with Gasteiger partial charge in [0.05, 0.1) is 17.1 Å². The van der Waals surface area contributed by atoms with Crippen LogP contribution in [0.15, 0.2) is 29.6 Å². The third-order valence-corrected chi connectivity index (χ3v) is 3.77. The largest absolute Gasteiger partial charge is 0.479 e. The minimum absolute atomic E-state index is 0.0397. The van der Waals surface area contributed by atoms with E-state index in [1.54, 1.807) is 36.6 Å². The zero-order valence-corrected chi connectivity index (χ0v) is 13.3. The Balaban J connectivity index is 1.95. The lowest BCUT2D eigenvalue weighted by atomic mass is 10.3. The Morgan fingerprint density at radius 1 is 1.45 bits per heavy atom. The van der Waals surface area contributed by atoms with Crippen molar-refractivity contribution in [3.8, 4) is 5.75 Å². The van der Waals surface area contributed by atoms with E-state index in [1.165, 1.54) is 11.3 Å². The average molecular weight is 340 g/mol. The molecule has 1 aromatic heterocycles. The van der Waals surface area contributed by atoms with Gasteiger partial charge < -0.3 is 10.5 Å². The molecule has 2 rings (SSSR count). The van der Waals surface area contributed by atoms with Crippen molar-refractivity contribution in [3.63, 3.8) is 0 Å². The molecule has 1 aromatic carbocycles. The van der Waals surface area contributed by atoms with Crippen LogP contribution in [0.3, 0.4) is 0 Å². The fraction of sp³-hybridized carbons (Fsp3) is 0.214. The van der Waals surface area contributed by atoms with Gasteiger partial charge in [-0.15, -0.1) is 11.3 Å². The Morgan fingerprint density at radius 3 is 2.86 bits per heavy atom. The standard InChI is InChI=1S/C14H14ClN3O3S/c1-8(21-11-5-3-2-4-10(11)15)13(20)18-14-17-9(7-22-14)6-12(16)19/h2-5,7-8H,6H2,1H3,(H2,16,19)(H,17,18,20)/t8-/m0/s1. The van der Waals surface area contributed by atoms with Crippen LogP contribution in [-0.4, -0.2) is 22.9 Å². The van der Waals surface area contributed by atoms with Gasteiger partial charge in [0.25, 0.3) is 5.91 Å². The van der Waals surface area contributed by atoms with Crippen LogP contribution in [0, 0.1) is 0 Å². The third kappa shape index (κ3) is 4.44. The van der Waals surface area contributed by atoms with Crippen molar-refractivity contribution >= 4 is 39.9 Å². The van der Waals surface area contributed by atoms with E-state index in [9.17, 15) is 9.59 Å². The highest BCUT2D eigenvalue weighted by Crippen LogP contribution is 2.24. The number of aromatic nitrogens is 1. The molecule has 22 heavy (non-hydrogen) atoms. The fourth-order valence-corrected chi connectivity index (χ4v) is 2.51. The van der Waals surface area contributed by atoms with E-state index in [0.29, 0.717) is 21.6 Å². The highest BCUT2D eigenvalue weighted by molar-refractivity contribution is 7.13. The molecule has 0 aliphatic heterocycles. The second-order valence-corrected chi connectivity index (χ2v) is 5.73. The number of amides is 2. The number of primary amides is 1. The number of hydrogen-bond donors (Lipinski definition) is 2. The molecule has 1 atom stereocenters. The van der Waals surface area contributed by atoms with Crippen LogP contribution in [0.5, 0.6) is 5.75 Å². The van der Waals surface area contributed by atoms with Gasteiger partial charge in [-0.2, -0.15) is 0 Å². The Hall–Kier alpha value is -2.12. The Kier molecular flexibility index (Phi) is 5.35. The van der Waals surface area contributed by atoms with E-state index in [1.807, 2.05) is 0 Å². The zero-order valence-electron chi connectivity index (χ0n) is 11.7. The molecular weight excluding hydrogens is 326 g/mol. The molecule has 1 heterocycles. The molecule has 0 fully saturated rings. The first-order valence-corrected chi connectivity index (χ1v) is 7.66. The fourth-order valence-electron chi connectivity index (χ4n) is 1.62. The number of hydrogen-bond acceptors (Lipinski definition) is 5. The van der Waals surface area contributed by atoms with Crippen LogP contribution in [0.1, 0.15) is 12.6 Å². The molecule has 0 unspecified atom stereocenters. The second-order valence-electron chi connectivity index (χ2n) is 4.47. The van der Waals surface area contributed by atoms with E-state index in [0.717, 1.165) is 0 Å². The zero-order chi connectivity index (χ0) is 16.1. The number of anilines is 1. The lowest BCUT2D eigenvalue weighted by molar-refractivity contribution is -0.122. The molecule has 0 spiro atoms. The summed E-state index contributed by atoms with van der Waals surface area (Å²) >= 11 is 7.19. The smallest absolute Gasteiger partial charge is 0.266 e. The van der Waals surface area contributed by atoms with E-state index in [2.05, 4.69) is 10.3 Å². The molecule has 0 bridgehead atoms. The number of nitrogens with two attached hydrogens (primary N) is 1. The molecule has 6 nitrogen and oxygen atoms in total. The maximum atomic E-state index is 12.1. The van der Waals surface area contributed by atoms with Gasteiger partial charge in [-0.1, -0.05) is 23.7 Å². The highest BCUT2D eigenvalue weighted by Gasteiger charge is 2.17. The van der Waals surface area contributed by atoms with Crippen molar-refractivity contribution in [1.82, 2.24) is 4.98 Å². The van der Waals surface area contributed by atoms with Crippen LogP contribution in [0.2, 0.25) is 5.02 Å². The minimum atomic E-state index is -0.747. The first kappa shape index (κ1) is 16.3. The minimum Gasteiger partial charge on any atom is -0.479 e. The first-order valence-electron chi connectivity index (χ1n) is 6.40. The summed E-state index contributed by atoms with van der Waals surface area (Å²) in [5.41, 5.74) is 5.61. The predicted octanol–water partition coefficient (Wildman–Crippen LogP) is 2.23. The summed E-state index contributed by atoms with van der Waals surface area (Å²) in [7, 11) is 0. The summed E-state index contributed by atoms with van der Waals surface area (Å²) in [5, 5.41) is 5.11. The lowest BCUT2D eigenvalue weighted by Gasteiger charge is -2.14. The predicted molar refractivity (Wildman–Crippen MR) is 85.2 cm³/mol. The van der Waals surface area contributed by atoms with Crippen LogP contribution in [0.4, 0.5) is 5.13 Å². The van der Waals surface area contributed by atoms with E-state index in [4.69, 9.17) is 22.1 Å². The number of carbonyl (C=O) groups excluding carboxylic acids is 2. The molecule has 0 saturated heterocycles. The number of nitrogens with one attached hydrogen (secondary N) is 1. The van der Waals surface area contributed by atoms with E-state index in [-0.39, 0.29) is 12.3 Å². The molecular formula is C14H14ClN3O3S. The molecule has 2 amide bonds. The Bertz CT molecular complexity index is 689. The maximum Gasteiger partial charge on any atom is 0.266 e. The average Bonchev–Trinajstić information content (AvgIpc) is 2.87. The summed E-state index contributed by atoms with van der Waals surface area (Å²) in [6, 6.07) is 6.90. The van der Waals surface area contributed by atoms with Crippen LogP contribution in [-0.2, 0) is 16.0 Å². The van der Waals surface area contributed by atoms with Crippen LogP contribution < -0.4 is 15.8 Å². The number of nitrogens with zero attached hydrogens (tertiary/aromatic N) is 1. The number of para-hydroxylation sites is 1. The summed E-state index contributed by atoms with van der Waals surface area (Å²) in [4.78, 5) is 27.0. The lowest BCUT2D eigenvalue weighted by Crippen LogP contribution is -2.30. The number of benzene rings is 1. The molecule has 0 radical (unpaired) electrons. The Labute approximate surface area is 136 Å². The second kappa shape index (κ2) is 7.24. The topological polar surface area (TPSA) is 94.3 Å². The quantitative estimate of drug-likeness (QED) is 0.843. The summed E-state index contributed by atoms with van der Waals surface area (Å²) < 4.78 is 5.51. The summed E-state index contributed by atoms with van der Waals surface area (Å²) in [5.74, 6) is -0.404. The van der Waals surface area contributed by atoms with Gasteiger partial charge in [0.2, 0.25) is 5.91 Å². The van der Waals surface area contributed by atoms with Gasteiger partial charge in [-0.05, 0) is 19.1 Å². The van der Waals surface area contributed by atoms with Crippen molar-refractivity contribution in [2.75, 3.05) is 5.32 Å². The molecule has 116 valence electrons. The normalized spacial score (nSPS) is 11.7. The monoisotopic (exact) mass is 339 g/mol. The van der Waals surface area contributed by atoms with Gasteiger partial charge in [0.15, 0.2) is 11.2 Å². The van der Waals surface area contributed by atoms with Gasteiger partial charge in [-0.3, -0.25) is 14.9 Å². The summed E-state index contributed by atoms with van der Waals surface area (Å²) in [6.45, 7) is 1.61. The van der Waals surface area contributed by atoms with Crippen molar-refractivity contribution in [2.24, 2.45) is 5.73 Å². The third-order valence-electron chi connectivity index (χ3n) is 2.65. The molecule has 2 aromatic rings. The molecule has 0 aliphatic rings. The van der Waals surface area contributed by atoms with Crippen LogP contribution in [0.25, 0.3) is 0 Å². The number of carbonyl (C=O) groups is 2. The maximum absolute atomic E-state index is 12.1. The van der Waals surface area contributed by atoms with Crippen LogP contribution >= 0.6 is 22.9 Å². The summed E-state index contributed by atoms with van der Waals surface area (Å²) in [6.07, 6.45) is -0.707. The molecule has 0 aliphatic carbocycles. The number of thiazole rings is 1. The van der Waals surface area contributed by atoms with Gasteiger partial charge in [0.1, 0.15) is 5.75 Å².